The second kappa shape index (κ2) is 8.86. The number of nitro groups is 1. The summed E-state index contributed by atoms with van der Waals surface area (Å²) in [6.45, 7) is 1.55. The molecule has 1 N–H and O–H groups in total. The molecule has 3 rings (SSSR count). The average Bonchev–Trinajstić information content (AvgIpc) is 2.73. The fraction of sp³-hybridized carbons (Fsp3) is 0.364. The van der Waals surface area contributed by atoms with E-state index in [1.807, 2.05) is 11.9 Å². The maximum atomic E-state index is 12.7. The lowest BCUT2D eigenvalue weighted by atomic mass is 9.94. The third kappa shape index (κ3) is 4.62. The summed E-state index contributed by atoms with van der Waals surface area (Å²) in [4.78, 5) is 37.6. The predicted octanol–water partition coefficient (Wildman–Crippen LogP) is 4.56. The number of amides is 2. The first-order chi connectivity index (χ1) is 13.9. The van der Waals surface area contributed by atoms with Crippen molar-refractivity contribution in [3.05, 3.63) is 69.3 Å². The van der Waals surface area contributed by atoms with E-state index in [1.54, 1.807) is 37.3 Å². The molecule has 1 aliphatic carbocycles. The molecule has 7 nitrogen and oxygen atoms in total. The largest absolute Gasteiger partial charge is 0.339 e. The number of rotatable bonds is 5. The number of nitrogens with one attached hydrogen (secondary N) is 1. The van der Waals surface area contributed by atoms with E-state index in [1.165, 1.54) is 18.6 Å². The molecule has 1 fully saturated rings. The summed E-state index contributed by atoms with van der Waals surface area (Å²) < 4.78 is 0. The predicted molar refractivity (Wildman–Crippen MR) is 111 cm³/mol. The van der Waals surface area contributed by atoms with Crippen molar-refractivity contribution in [2.75, 3.05) is 12.4 Å². The van der Waals surface area contributed by atoms with E-state index in [0.29, 0.717) is 16.8 Å². The van der Waals surface area contributed by atoms with Crippen LogP contribution >= 0.6 is 0 Å². The average molecular weight is 395 g/mol. The van der Waals surface area contributed by atoms with Crippen LogP contribution in [0, 0.1) is 17.0 Å². The van der Waals surface area contributed by atoms with Crippen molar-refractivity contribution in [3.8, 4) is 0 Å². The van der Waals surface area contributed by atoms with Gasteiger partial charge in [-0.3, -0.25) is 19.7 Å². The molecule has 2 aromatic carbocycles. The van der Waals surface area contributed by atoms with Crippen LogP contribution < -0.4 is 5.32 Å². The van der Waals surface area contributed by atoms with Crippen LogP contribution in [-0.2, 0) is 0 Å². The Bertz CT molecular complexity index is 918. The van der Waals surface area contributed by atoms with Gasteiger partial charge in [-0.25, -0.2) is 0 Å². The molecule has 0 unspecified atom stereocenters. The van der Waals surface area contributed by atoms with Crippen molar-refractivity contribution in [3.63, 3.8) is 0 Å². The van der Waals surface area contributed by atoms with Crippen LogP contribution in [0.5, 0.6) is 0 Å². The summed E-state index contributed by atoms with van der Waals surface area (Å²) in [5, 5.41) is 13.8. The van der Waals surface area contributed by atoms with Crippen LogP contribution in [0.3, 0.4) is 0 Å². The van der Waals surface area contributed by atoms with Crippen molar-refractivity contribution >= 4 is 23.2 Å². The van der Waals surface area contributed by atoms with Crippen LogP contribution in [0.25, 0.3) is 0 Å². The van der Waals surface area contributed by atoms with Gasteiger partial charge in [0.05, 0.1) is 4.92 Å². The number of benzene rings is 2. The first-order valence-electron chi connectivity index (χ1n) is 9.81. The second-order valence-electron chi connectivity index (χ2n) is 7.45. The van der Waals surface area contributed by atoms with Gasteiger partial charge in [0.1, 0.15) is 0 Å². The molecular formula is C22H25N3O4. The standard InChI is InChI=1S/C22H25N3O4/c1-15-19(9-6-10-20(15)25(28)29)21(26)23-17-13-11-16(12-14-17)22(27)24(2)18-7-4-3-5-8-18/h6,9-14,18H,3-5,7-8H2,1-2H3,(H,23,26). The Balaban J connectivity index is 1.69. The Labute approximate surface area is 169 Å². The van der Waals surface area contributed by atoms with Crippen molar-refractivity contribution < 1.29 is 14.5 Å². The zero-order valence-corrected chi connectivity index (χ0v) is 16.7. The minimum absolute atomic E-state index is 0.0238. The van der Waals surface area contributed by atoms with Crippen LogP contribution in [0.2, 0.25) is 0 Å². The molecule has 2 amide bonds. The molecule has 0 radical (unpaired) electrons. The van der Waals surface area contributed by atoms with E-state index in [0.717, 1.165) is 25.7 Å². The molecule has 0 heterocycles. The van der Waals surface area contributed by atoms with E-state index >= 15 is 0 Å². The Morgan fingerprint density at radius 2 is 1.72 bits per heavy atom. The van der Waals surface area contributed by atoms with Gasteiger partial charge >= 0.3 is 0 Å². The Morgan fingerprint density at radius 3 is 2.34 bits per heavy atom. The molecule has 0 aliphatic heterocycles. The van der Waals surface area contributed by atoms with Crippen molar-refractivity contribution in [1.82, 2.24) is 4.90 Å². The fourth-order valence-corrected chi connectivity index (χ4v) is 3.80. The smallest absolute Gasteiger partial charge is 0.273 e. The lowest BCUT2D eigenvalue weighted by Gasteiger charge is -2.31. The van der Waals surface area contributed by atoms with E-state index in [4.69, 9.17) is 0 Å². The monoisotopic (exact) mass is 395 g/mol. The summed E-state index contributed by atoms with van der Waals surface area (Å²) in [5.74, 6) is -0.450. The van der Waals surface area contributed by atoms with Crippen molar-refractivity contribution in [1.29, 1.82) is 0 Å². The fourth-order valence-electron chi connectivity index (χ4n) is 3.80. The van der Waals surface area contributed by atoms with Crippen molar-refractivity contribution in [2.45, 2.75) is 45.1 Å². The molecular weight excluding hydrogens is 370 g/mol. The van der Waals surface area contributed by atoms with Crippen LogP contribution in [0.4, 0.5) is 11.4 Å². The molecule has 152 valence electrons. The van der Waals surface area contributed by atoms with Gasteiger partial charge in [0.15, 0.2) is 0 Å². The molecule has 0 spiro atoms. The summed E-state index contributed by atoms with van der Waals surface area (Å²) in [5.41, 5.74) is 1.57. The molecule has 0 saturated heterocycles. The summed E-state index contributed by atoms with van der Waals surface area (Å²) in [7, 11) is 1.85. The molecule has 2 aromatic rings. The zero-order valence-electron chi connectivity index (χ0n) is 16.7. The van der Waals surface area contributed by atoms with Gasteiger partial charge in [0.2, 0.25) is 0 Å². The van der Waals surface area contributed by atoms with Crippen LogP contribution in [0.15, 0.2) is 42.5 Å². The van der Waals surface area contributed by atoms with E-state index in [9.17, 15) is 19.7 Å². The summed E-state index contributed by atoms with van der Waals surface area (Å²) >= 11 is 0. The van der Waals surface area contributed by atoms with Gasteiger partial charge in [-0.2, -0.15) is 0 Å². The minimum atomic E-state index is -0.505. The highest BCUT2D eigenvalue weighted by atomic mass is 16.6. The van der Waals surface area contributed by atoms with Gasteiger partial charge in [0.25, 0.3) is 17.5 Å². The molecule has 1 aliphatic rings. The summed E-state index contributed by atoms with van der Waals surface area (Å²) in [6.07, 6.45) is 5.63. The highest BCUT2D eigenvalue weighted by molar-refractivity contribution is 6.06. The van der Waals surface area contributed by atoms with E-state index in [-0.39, 0.29) is 23.2 Å². The quantitative estimate of drug-likeness (QED) is 0.593. The number of carbonyl (C=O) groups is 2. The molecule has 1 saturated carbocycles. The highest BCUT2D eigenvalue weighted by Crippen LogP contribution is 2.24. The molecule has 0 aromatic heterocycles. The number of nitrogens with zero attached hydrogens (tertiary/aromatic N) is 2. The van der Waals surface area contributed by atoms with Gasteiger partial charge < -0.3 is 10.2 Å². The van der Waals surface area contributed by atoms with Gasteiger partial charge in [-0.05, 0) is 50.1 Å². The maximum absolute atomic E-state index is 12.7. The number of hydrogen-bond donors (Lipinski definition) is 1. The highest BCUT2D eigenvalue weighted by Gasteiger charge is 2.23. The Hall–Kier alpha value is -3.22. The maximum Gasteiger partial charge on any atom is 0.273 e. The molecule has 0 atom stereocenters. The first kappa shape index (κ1) is 20.5. The minimum Gasteiger partial charge on any atom is -0.339 e. The van der Waals surface area contributed by atoms with Gasteiger partial charge in [-0.15, -0.1) is 0 Å². The first-order valence-corrected chi connectivity index (χ1v) is 9.81. The Morgan fingerprint density at radius 1 is 1.07 bits per heavy atom. The zero-order chi connectivity index (χ0) is 21.0. The van der Waals surface area contributed by atoms with E-state index in [2.05, 4.69) is 5.32 Å². The van der Waals surface area contributed by atoms with Gasteiger partial charge in [-0.1, -0.05) is 25.3 Å². The Kier molecular flexibility index (Phi) is 6.26. The van der Waals surface area contributed by atoms with Crippen molar-refractivity contribution in [2.24, 2.45) is 0 Å². The number of carbonyl (C=O) groups excluding carboxylic acids is 2. The number of anilines is 1. The third-order valence-corrected chi connectivity index (χ3v) is 5.58. The SMILES string of the molecule is Cc1c(C(=O)Nc2ccc(C(=O)N(C)C3CCCCC3)cc2)cccc1[N+](=O)[O-]. The molecule has 7 heteroatoms. The number of hydrogen-bond acceptors (Lipinski definition) is 4. The van der Waals surface area contributed by atoms with Crippen LogP contribution in [-0.4, -0.2) is 34.7 Å². The summed E-state index contributed by atoms with van der Waals surface area (Å²) in [6, 6.07) is 11.4. The van der Waals surface area contributed by atoms with E-state index < -0.39 is 10.8 Å². The van der Waals surface area contributed by atoms with Crippen LogP contribution in [0.1, 0.15) is 58.4 Å². The normalized spacial score (nSPS) is 14.3. The third-order valence-electron chi connectivity index (χ3n) is 5.58. The second-order valence-corrected chi connectivity index (χ2v) is 7.45. The topological polar surface area (TPSA) is 92.6 Å². The lowest BCUT2D eigenvalue weighted by molar-refractivity contribution is -0.385. The number of nitro benzene ring substituents is 1. The van der Waals surface area contributed by atoms with Gasteiger partial charge in [0, 0.05) is 41.5 Å². The lowest BCUT2D eigenvalue weighted by Crippen LogP contribution is -2.38. The molecule has 0 bridgehead atoms. The molecule has 29 heavy (non-hydrogen) atoms.